The maximum atomic E-state index is 13.3. The number of ether oxygens (including phenoxy) is 2. The van der Waals surface area contributed by atoms with Crippen LogP contribution in [0.2, 0.25) is 0 Å². The third-order valence-corrected chi connectivity index (χ3v) is 6.90. The number of hydrogen-bond acceptors (Lipinski definition) is 6. The number of allylic oxidation sites excluding steroid dienone is 1. The van der Waals surface area contributed by atoms with Crippen molar-refractivity contribution in [2.45, 2.75) is 24.0 Å². The maximum absolute atomic E-state index is 13.3. The second-order valence-electron chi connectivity index (χ2n) is 7.72. The molecule has 4 rings (SSSR count). The van der Waals surface area contributed by atoms with Crippen LogP contribution in [0.4, 0.5) is 0 Å². The molecule has 2 heterocycles. The second kappa shape index (κ2) is 9.96. The molecule has 0 N–H and O–H groups in total. The van der Waals surface area contributed by atoms with Gasteiger partial charge in [0.2, 0.25) is 21.8 Å². The Balaban J connectivity index is 1.62. The lowest BCUT2D eigenvalue weighted by molar-refractivity contribution is 0.0758. The zero-order valence-electron chi connectivity index (χ0n) is 18.6. The molecule has 0 spiro atoms. The summed E-state index contributed by atoms with van der Waals surface area (Å²) in [6.45, 7) is 8.26. The number of carbonyl (C=O) groups excluding carboxylic acids is 1. The van der Waals surface area contributed by atoms with Gasteiger partial charge in [-0.1, -0.05) is 42.5 Å². The quantitative estimate of drug-likeness (QED) is 0.413. The lowest BCUT2D eigenvalue weighted by Gasteiger charge is -2.22. The van der Waals surface area contributed by atoms with Crippen molar-refractivity contribution < 1.29 is 22.7 Å². The van der Waals surface area contributed by atoms with Crippen molar-refractivity contribution >= 4 is 15.7 Å². The highest BCUT2D eigenvalue weighted by atomic mass is 32.2. The number of rotatable bonds is 10. The largest absolute Gasteiger partial charge is 0.454 e. The van der Waals surface area contributed by atoms with Gasteiger partial charge in [0.1, 0.15) is 0 Å². The van der Waals surface area contributed by atoms with E-state index in [9.17, 15) is 13.2 Å². The fourth-order valence-electron chi connectivity index (χ4n) is 3.73. The van der Waals surface area contributed by atoms with Crippen LogP contribution in [0.25, 0.3) is 0 Å². The van der Waals surface area contributed by atoms with Gasteiger partial charge in [0.05, 0.1) is 24.2 Å². The van der Waals surface area contributed by atoms with Crippen molar-refractivity contribution in [3.8, 4) is 11.5 Å². The molecule has 1 aliphatic rings. The van der Waals surface area contributed by atoms with E-state index in [2.05, 4.69) is 18.1 Å². The molecule has 0 atom stereocenters. The van der Waals surface area contributed by atoms with Gasteiger partial charge in [-0.05, 0) is 23.8 Å². The van der Waals surface area contributed by atoms with Crippen molar-refractivity contribution in [2.24, 2.45) is 0 Å². The van der Waals surface area contributed by atoms with Crippen molar-refractivity contribution in [3.63, 3.8) is 0 Å². The molecule has 0 unspecified atom stereocenters. The average Bonchev–Trinajstić information content (AvgIpc) is 3.46. The van der Waals surface area contributed by atoms with Crippen LogP contribution < -0.4 is 9.47 Å². The molecule has 1 amide bonds. The molecule has 0 bridgehead atoms. The normalized spacial score (nSPS) is 12.4. The van der Waals surface area contributed by atoms with Crippen molar-refractivity contribution in [2.75, 3.05) is 13.3 Å². The van der Waals surface area contributed by atoms with Crippen LogP contribution in [0.1, 0.15) is 21.6 Å². The SMILES string of the molecule is C=CCN(Cc1cnc(S(=O)(=O)Cc2ccccc2)n1CC=C)C(=O)c1ccc2c(c1)OCO2. The van der Waals surface area contributed by atoms with E-state index in [0.29, 0.717) is 28.3 Å². The Bertz CT molecular complexity index is 1320. The van der Waals surface area contributed by atoms with E-state index >= 15 is 0 Å². The molecule has 3 aromatic rings. The maximum Gasteiger partial charge on any atom is 0.254 e. The Kier molecular flexibility index (Phi) is 6.83. The Morgan fingerprint density at radius 3 is 2.59 bits per heavy atom. The first kappa shape index (κ1) is 23.3. The number of imidazole rings is 1. The van der Waals surface area contributed by atoms with Crippen LogP contribution in [0, 0.1) is 0 Å². The van der Waals surface area contributed by atoms with Crippen LogP contribution in [0.3, 0.4) is 0 Å². The van der Waals surface area contributed by atoms with Crippen LogP contribution in [-0.2, 0) is 28.7 Å². The first-order chi connectivity index (χ1) is 16.4. The molecule has 1 aromatic heterocycles. The number of nitrogens with zero attached hydrogens (tertiary/aromatic N) is 3. The number of hydrogen-bond donors (Lipinski definition) is 0. The van der Waals surface area contributed by atoms with E-state index in [4.69, 9.17) is 9.47 Å². The fourth-order valence-corrected chi connectivity index (χ4v) is 5.23. The standard InChI is InChI=1S/C25H25N3O5S/c1-3-12-27(24(29)20-10-11-22-23(14-20)33-18-32-22)16-21-15-26-25(28(21)13-4-2)34(30,31)17-19-8-6-5-7-9-19/h3-11,14-15H,1-2,12-13,16-18H2. The van der Waals surface area contributed by atoms with Gasteiger partial charge in [-0.25, -0.2) is 13.4 Å². The molecule has 0 saturated carbocycles. The van der Waals surface area contributed by atoms with Gasteiger partial charge in [0, 0.05) is 18.7 Å². The summed E-state index contributed by atoms with van der Waals surface area (Å²) in [4.78, 5) is 19.1. The van der Waals surface area contributed by atoms with Crippen LogP contribution in [0.15, 0.2) is 85.2 Å². The van der Waals surface area contributed by atoms with Gasteiger partial charge in [0.15, 0.2) is 11.5 Å². The van der Waals surface area contributed by atoms with E-state index in [-0.39, 0.29) is 43.2 Å². The summed E-state index contributed by atoms with van der Waals surface area (Å²) in [5.74, 6) is 0.672. The van der Waals surface area contributed by atoms with Gasteiger partial charge in [-0.15, -0.1) is 13.2 Å². The minimum atomic E-state index is -3.72. The van der Waals surface area contributed by atoms with Gasteiger partial charge < -0.3 is 18.9 Å². The lowest BCUT2D eigenvalue weighted by atomic mass is 10.1. The van der Waals surface area contributed by atoms with Gasteiger partial charge in [-0.3, -0.25) is 4.79 Å². The van der Waals surface area contributed by atoms with Crippen LogP contribution in [0.5, 0.6) is 11.5 Å². The molecular weight excluding hydrogens is 454 g/mol. The van der Waals surface area contributed by atoms with E-state index in [1.807, 2.05) is 6.07 Å². The molecule has 0 aliphatic carbocycles. The Morgan fingerprint density at radius 2 is 1.85 bits per heavy atom. The molecule has 34 heavy (non-hydrogen) atoms. The third kappa shape index (κ3) is 4.89. The summed E-state index contributed by atoms with van der Waals surface area (Å²) in [5.41, 5.74) is 1.67. The summed E-state index contributed by atoms with van der Waals surface area (Å²) in [5, 5.41) is -0.0552. The average molecular weight is 480 g/mol. The summed E-state index contributed by atoms with van der Waals surface area (Å²) in [6, 6.07) is 13.9. The number of carbonyl (C=O) groups is 1. The predicted molar refractivity (Wildman–Crippen MR) is 127 cm³/mol. The Labute approximate surface area is 198 Å². The molecule has 0 fully saturated rings. The first-order valence-corrected chi connectivity index (χ1v) is 12.3. The molecular formula is C25H25N3O5S. The summed E-state index contributed by atoms with van der Waals surface area (Å²) >= 11 is 0. The summed E-state index contributed by atoms with van der Waals surface area (Å²) < 4.78 is 38.6. The monoisotopic (exact) mass is 479 g/mol. The molecule has 1 aliphatic heterocycles. The zero-order chi connectivity index (χ0) is 24.1. The van der Waals surface area contributed by atoms with Crippen molar-refractivity contribution in [1.82, 2.24) is 14.5 Å². The first-order valence-electron chi connectivity index (χ1n) is 10.6. The van der Waals surface area contributed by atoms with E-state index in [0.717, 1.165) is 0 Å². The van der Waals surface area contributed by atoms with Gasteiger partial charge >= 0.3 is 0 Å². The zero-order valence-corrected chi connectivity index (χ0v) is 19.4. The van der Waals surface area contributed by atoms with E-state index < -0.39 is 9.84 Å². The molecule has 0 saturated heterocycles. The smallest absolute Gasteiger partial charge is 0.254 e. The van der Waals surface area contributed by atoms with Crippen molar-refractivity contribution in [1.29, 1.82) is 0 Å². The summed E-state index contributed by atoms with van der Waals surface area (Å²) in [7, 11) is -3.72. The Hall–Kier alpha value is -3.85. The summed E-state index contributed by atoms with van der Waals surface area (Å²) in [6.07, 6.45) is 4.71. The van der Waals surface area contributed by atoms with E-state index in [1.165, 1.54) is 6.20 Å². The van der Waals surface area contributed by atoms with Crippen molar-refractivity contribution in [3.05, 3.63) is 96.9 Å². The molecule has 0 radical (unpaired) electrons. The number of sulfone groups is 1. The third-order valence-electron chi connectivity index (χ3n) is 5.30. The topological polar surface area (TPSA) is 90.7 Å². The molecule has 2 aromatic carbocycles. The van der Waals surface area contributed by atoms with Gasteiger partial charge in [-0.2, -0.15) is 0 Å². The van der Waals surface area contributed by atoms with Gasteiger partial charge in [0.25, 0.3) is 5.91 Å². The fraction of sp³-hybridized carbons (Fsp3) is 0.200. The Morgan fingerprint density at radius 1 is 1.09 bits per heavy atom. The number of fused-ring (bicyclic) bond motifs is 1. The highest BCUT2D eigenvalue weighted by Crippen LogP contribution is 2.33. The van der Waals surface area contributed by atoms with Crippen LogP contribution in [-0.4, -0.2) is 42.1 Å². The van der Waals surface area contributed by atoms with Crippen LogP contribution >= 0.6 is 0 Å². The predicted octanol–water partition coefficient (Wildman–Crippen LogP) is 3.60. The minimum absolute atomic E-state index is 0.0552. The highest BCUT2D eigenvalue weighted by Gasteiger charge is 2.26. The number of amides is 1. The highest BCUT2D eigenvalue weighted by molar-refractivity contribution is 7.90. The molecule has 9 heteroatoms. The number of benzene rings is 2. The van der Waals surface area contributed by atoms with E-state index in [1.54, 1.807) is 64.1 Å². The second-order valence-corrected chi connectivity index (χ2v) is 9.60. The number of aromatic nitrogens is 2. The molecule has 8 nitrogen and oxygen atoms in total. The lowest BCUT2D eigenvalue weighted by Crippen LogP contribution is -2.31. The molecule has 176 valence electrons. The minimum Gasteiger partial charge on any atom is -0.454 e.